The molecule has 2 saturated heterocycles. The molecule has 2 N–H and O–H groups in total. The highest BCUT2D eigenvalue weighted by Crippen LogP contribution is 2.40. The van der Waals surface area contributed by atoms with E-state index in [0.29, 0.717) is 47.2 Å². The zero-order valence-corrected chi connectivity index (χ0v) is 20.4. The summed E-state index contributed by atoms with van der Waals surface area (Å²) in [6, 6.07) is 8.61. The van der Waals surface area contributed by atoms with Crippen molar-refractivity contribution >= 4 is 40.4 Å². The van der Waals surface area contributed by atoms with E-state index in [-0.39, 0.29) is 23.4 Å². The van der Waals surface area contributed by atoms with Gasteiger partial charge in [-0.2, -0.15) is 13.2 Å². The first-order valence-corrected chi connectivity index (χ1v) is 12.3. The van der Waals surface area contributed by atoms with Gasteiger partial charge in [0.1, 0.15) is 0 Å². The number of carbonyl (C=O) groups is 1. The maximum absolute atomic E-state index is 13.8. The Morgan fingerprint density at radius 2 is 1.85 bits per heavy atom. The lowest BCUT2D eigenvalue weighted by Gasteiger charge is -2.34. The first-order valence-electron chi connectivity index (χ1n) is 11.6. The summed E-state index contributed by atoms with van der Waals surface area (Å²) >= 11 is 12.2. The number of Topliss-reactive ketones (excluding diaryl/α,β-unsaturated/α-hetero) is 1. The van der Waals surface area contributed by atoms with Gasteiger partial charge in [-0.15, -0.1) is 0 Å². The van der Waals surface area contributed by atoms with E-state index >= 15 is 0 Å². The molecule has 2 fully saturated rings. The molecule has 2 aromatic rings. The SMILES string of the molecule is C[C@H](Nc1cc(N2CCC(C(=O)[C@H]3CCCN3)CC2)ccc1C(F)(F)F)c1ccc(Cl)cc1Cl. The summed E-state index contributed by atoms with van der Waals surface area (Å²) in [6.45, 7) is 3.91. The predicted octanol–water partition coefficient (Wildman–Crippen LogP) is 6.72. The van der Waals surface area contributed by atoms with Crippen LogP contribution in [0.2, 0.25) is 10.0 Å². The number of piperidine rings is 1. The first kappa shape index (κ1) is 25.1. The lowest BCUT2D eigenvalue weighted by atomic mass is 9.88. The van der Waals surface area contributed by atoms with Gasteiger partial charge >= 0.3 is 6.18 Å². The number of anilines is 2. The van der Waals surface area contributed by atoms with Gasteiger partial charge in [-0.05, 0) is 75.0 Å². The van der Waals surface area contributed by atoms with Crippen molar-refractivity contribution < 1.29 is 18.0 Å². The van der Waals surface area contributed by atoms with Crippen molar-refractivity contribution in [2.45, 2.75) is 50.9 Å². The van der Waals surface area contributed by atoms with E-state index < -0.39 is 17.8 Å². The third-order valence-electron chi connectivity index (χ3n) is 6.78. The molecule has 2 atom stereocenters. The maximum Gasteiger partial charge on any atom is 0.418 e. The number of rotatable bonds is 6. The zero-order valence-electron chi connectivity index (χ0n) is 18.9. The van der Waals surface area contributed by atoms with E-state index in [2.05, 4.69) is 15.5 Å². The molecule has 34 heavy (non-hydrogen) atoms. The minimum atomic E-state index is -4.50. The highest BCUT2D eigenvalue weighted by atomic mass is 35.5. The van der Waals surface area contributed by atoms with Crippen LogP contribution in [0.3, 0.4) is 0 Å². The summed E-state index contributed by atoms with van der Waals surface area (Å²) in [5.74, 6) is 0.284. The summed E-state index contributed by atoms with van der Waals surface area (Å²) in [5.41, 5.74) is 0.627. The van der Waals surface area contributed by atoms with Crippen molar-refractivity contribution in [3.63, 3.8) is 0 Å². The van der Waals surface area contributed by atoms with E-state index in [4.69, 9.17) is 23.2 Å². The Morgan fingerprint density at radius 3 is 2.47 bits per heavy atom. The van der Waals surface area contributed by atoms with Crippen molar-refractivity contribution in [1.29, 1.82) is 0 Å². The van der Waals surface area contributed by atoms with Crippen molar-refractivity contribution in [3.05, 3.63) is 57.6 Å². The molecule has 2 aliphatic rings. The minimum absolute atomic E-state index is 0.00290. The fraction of sp³-hybridized carbons (Fsp3) is 0.480. The van der Waals surface area contributed by atoms with Gasteiger partial charge in [0, 0.05) is 40.4 Å². The topological polar surface area (TPSA) is 44.4 Å². The fourth-order valence-corrected chi connectivity index (χ4v) is 5.47. The molecule has 0 bridgehead atoms. The second-order valence-corrected chi connectivity index (χ2v) is 9.92. The van der Waals surface area contributed by atoms with Crippen LogP contribution in [0.25, 0.3) is 0 Å². The molecule has 4 nitrogen and oxygen atoms in total. The highest BCUT2D eigenvalue weighted by Gasteiger charge is 2.35. The molecule has 0 unspecified atom stereocenters. The van der Waals surface area contributed by atoms with Crippen LogP contribution < -0.4 is 15.5 Å². The van der Waals surface area contributed by atoms with Crippen LogP contribution in [0.5, 0.6) is 0 Å². The number of nitrogens with zero attached hydrogens (tertiary/aromatic N) is 1. The van der Waals surface area contributed by atoms with Crippen LogP contribution in [0.4, 0.5) is 24.5 Å². The number of carbonyl (C=O) groups excluding carboxylic acids is 1. The molecule has 0 amide bonds. The van der Waals surface area contributed by atoms with E-state index in [0.717, 1.165) is 25.5 Å². The first-order chi connectivity index (χ1) is 16.1. The van der Waals surface area contributed by atoms with E-state index in [1.807, 2.05) is 0 Å². The van der Waals surface area contributed by atoms with Gasteiger partial charge in [0.15, 0.2) is 5.78 Å². The van der Waals surface area contributed by atoms with Crippen molar-refractivity contribution in [2.75, 3.05) is 29.9 Å². The second kappa shape index (κ2) is 10.3. The molecule has 2 aliphatic heterocycles. The van der Waals surface area contributed by atoms with Crippen LogP contribution in [0.1, 0.15) is 49.8 Å². The second-order valence-electron chi connectivity index (χ2n) is 9.07. The van der Waals surface area contributed by atoms with Gasteiger partial charge in [0.25, 0.3) is 0 Å². The monoisotopic (exact) mass is 513 g/mol. The molecule has 2 aromatic carbocycles. The standard InChI is InChI=1S/C25H28Cl2F3N3O/c1-15(19-6-4-17(26)13-21(19)27)32-23-14-18(5-7-20(23)25(28,29)30)33-11-8-16(9-12-33)24(34)22-3-2-10-31-22/h4-7,13-16,22,31-32H,2-3,8-12H2,1H3/t15-,22+/m0/s1. The third kappa shape index (κ3) is 5.64. The molecule has 184 valence electrons. The summed E-state index contributed by atoms with van der Waals surface area (Å²) < 4.78 is 41.3. The van der Waals surface area contributed by atoms with Crippen molar-refractivity contribution in [1.82, 2.24) is 5.32 Å². The van der Waals surface area contributed by atoms with Crippen LogP contribution in [0, 0.1) is 5.92 Å². The van der Waals surface area contributed by atoms with Gasteiger partial charge < -0.3 is 15.5 Å². The van der Waals surface area contributed by atoms with E-state index in [1.165, 1.54) is 6.07 Å². The normalized spacial score (nSPS) is 20.4. The number of nitrogens with one attached hydrogen (secondary N) is 2. The molecule has 2 heterocycles. The molecule has 0 aliphatic carbocycles. The lowest BCUT2D eigenvalue weighted by molar-refractivity contribution is -0.137. The van der Waals surface area contributed by atoms with Gasteiger partial charge in [0.2, 0.25) is 0 Å². The number of halogens is 5. The molecule has 4 rings (SSSR count). The molecule has 9 heteroatoms. The zero-order chi connectivity index (χ0) is 24.5. The lowest BCUT2D eigenvalue weighted by Crippen LogP contribution is -2.42. The Kier molecular flexibility index (Phi) is 7.65. The number of hydrogen-bond acceptors (Lipinski definition) is 4. The Morgan fingerprint density at radius 1 is 1.12 bits per heavy atom. The largest absolute Gasteiger partial charge is 0.418 e. The Labute approximate surface area is 207 Å². The maximum atomic E-state index is 13.8. The van der Waals surface area contributed by atoms with Crippen LogP contribution in [0.15, 0.2) is 36.4 Å². The number of ketones is 1. The summed E-state index contributed by atoms with van der Waals surface area (Å²) in [6.07, 6.45) is -1.17. The number of alkyl halides is 3. The third-order valence-corrected chi connectivity index (χ3v) is 7.34. The van der Waals surface area contributed by atoms with Crippen LogP contribution >= 0.6 is 23.2 Å². The highest BCUT2D eigenvalue weighted by molar-refractivity contribution is 6.35. The van der Waals surface area contributed by atoms with Gasteiger partial charge in [-0.3, -0.25) is 4.79 Å². The summed E-state index contributed by atoms with van der Waals surface area (Å²) in [4.78, 5) is 14.8. The van der Waals surface area contributed by atoms with Crippen molar-refractivity contribution in [3.8, 4) is 0 Å². The number of hydrogen-bond donors (Lipinski definition) is 2. The predicted molar refractivity (Wildman–Crippen MR) is 131 cm³/mol. The Balaban J connectivity index is 1.51. The van der Waals surface area contributed by atoms with Gasteiger partial charge in [-0.25, -0.2) is 0 Å². The molecule has 0 aromatic heterocycles. The van der Waals surface area contributed by atoms with E-state index in [1.54, 1.807) is 31.2 Å². The smallest absolute Gasteiger partial charge is 0.378 e. The number of benzene rings is 2. The average Bonchev–Trinajstić information content (AvgIpc) is 3.33. The molecule has 0 radical (unpaired) electrons. The molecule has 0 spiro atoms. The van der Waals surface area contributed by atoms with Crippen LogP contribution in [-0.4, -0.2) is 31.5 Å². The molecule has 0 saturated carbocycles. The molecular formula is C25H28Cl2F3N3O. The Bertz CT molecular complexity index is 1030. The van der Waals surface area contributed by atoms with Gasteiger partial charge in [0.05, 0.1) is 17.6 Å². The quantitative estimate of drug-likeness (QED) is 0.449. The van der Waals surface area contributed by atoms with Gasteiger partial charge in [-0.1, -0.05) is 29.3 Å². The van der Waals surface area contributed by atoms with Crippen LogP contribution in [-0.2, 0) is 11.0 Å². The minimum Gasteiger partial charge on any atom is -0.378 e. The summed E-state index contributed by atoms with van der Waals surface area (Å²) in [7, 11) is 0. The molecular weight excluding hydrogens is 486 g/mol. The summed E-state index contributed by atoms with van der Waals surface area (Å²) in [5, 5.41) is 7.12. The Hall–Kier alpha value is -1.96. The van der Waals surface area contributed by atoms with E-state index in [9.17, 15) is 18.0 Å². The average molecular weight is 514 g/mol. The van der Waals surface area contributed by atoms with Crippen molar-refractivity contribution in [2.24, 2.45) is 5.92 Å². The fourth-order valence-electron chi connectivity index (χ4n) is 4.89.